The first-order valence-electron chi connectivity index (χ1n) is 6.26. The molecule has 0 atom stereocenters. The fraction of sp³-hybridized carbons (Fsp3) is 0.818. The van der Waals surface area contributed by atoms with Crippen LogP contribution in [0.15, 0.2) is 0 Å². The van der Waals surface area contributed by atoms with E-state index in [0.29, 0.717) is 11.9 Å². The summed E-state index contributed by atoms with van der Waals surface area (Å²) >= 11 is 0. The number of nitrogens with two attached hydrogens (primary N) is 1. The number of aromatic amines is 1. The van der Waals surface area contributed by atoms with Crippen LogP contribution in [0, 0.1) is 5.92 Å². The summed E-state index contributed by atoms with van der Waals surface area (Å²) in [6.07, 6.45) is 6.77. The quantitative estimate of drug-likeness (QED) is 0.738. The summed E-state index contributed by atoms with van der Waals surface area (Å²) in [7, 11) is 0. The molecule has 0 saturated heterocycles. The lowest BCUT2D eigenvalue weighted by molar-refractivity contribution is 0.373. The van der Waals surface area contributed by atoms with E-state index in [2.05, 4.69) is 20.5 Å². The van der Waals surface area contributed by atoms with Crippen LogP contribution in [0.1, 0.15) is 46.0 Å². The second-order valence-electron chi connectivity index (χ2n) is 3.93. The number of hydrogen-bond donors (Lipinski definition) is 3. The highest BCUT2D eigenvalue weighted by Crippen LogP contribution is 2.23. The predicted molar refractivity (Wildman–Crippen MR) is 67.2 cm³/mol. The molecule has 0 spiro atoms. The summed E-state index contributed by atoms with van der Waals surface area (Å²) in [5.41, 5.74) is 5.42. The molecule has 1 saturated carbocycles. The number of nitrogens with zero attached hydrogens (tertiary/aromatic N) is 2. The van der Waals surface area contributed by atoms with E-state index in [4.69, 9.17) is 5.73 Å². The molecule has 0 aliphatic heterocycles. The maximum atomic E-state index is 5.42. The lowest BCUT2D eigenvalue weighted by Gasteiger charge is -2.21. The normalized spacial score (nSPS) is 16.4. The largest absolute Gasteiger partial charge is 0.368 e. The molecule has 1 aromatic heterocycles. The summed E-state index contributed by atoms with van der Waals surface area (Å²) in [6.45, 7) is 4.97. The highest BCUT2D eigenvalue weighted by Gasteiger charge is 2.13. The molecule has 1 aliphatic rings. The highest BCUT2D eigenvalue weighted by atomic mass is 15.3. The molecule has 1 aliphatic carbocycles. The van der Waals surface area contributed by atoms with E-state index in [0.717, 1.165) is 12.5 Å². The van der Waals surface area contributed by atoms with Crippen molar-refractivity contribution in [1.29, 1.82) is 0 Å². The number of rotatable bonds is 3. The van der Waals surface area contributed by atoms with Gasteiger partial charge in [0.2, 0.25) is 11.9 Å². The highest BCUT2D eigenvalue weighted by molar-refractivity contribution is 5.29. The Morgan fingerprint density at radius 3 is 2.56 bits per heavy atom. The number of aromatic nitrogens is 3. The van der Waals surface area contributed by atoms with Gasteiger partial charge in [-0.05, 0) is 18.8 Å². The standard InChI is InChI=1S/C9H17N5.C2H6/c10-8-12-9(14-13-8)11-6-7-4-2-1-3-5-7;1-2/h7H,1-6H2,(H4,10,11,12,13,14);1-2H3. The Kier molecular flexibility index (Phi) is 5.67. The van der Waals surface area contributed by atoms with Crippen molar-refractivity contribution in [2.75, 3.05) is 17.6 Å². The lowest BCUT2D eigenvalue weighted by Crippen LogP contribution is -2.17. The molecule has 4 N–H and O–H groups in total. The van der Waals surface area contributed by atoms with Crippen LogP contribution in [0.3, 0.4) is 0 Å². The van der Waals surface area contributed by atoms with Crippen molar-refractivity contribution in [3.8, 4) is 0 Å². The van der Waals surface area contributed by atoms with Gasteiger partial charge in [-0.3, -0.25) is 0 Å². The van der Waals surface area contributed by atoms with Gasteiger partial charge in [-0.25, -0.2) is 5.10 Å². The third kappa shape index (κ3) is 4.08. The van der Waals surface area contributed by atoms with E-state index in [-0.39, 0.29) is 0 Å². The number of anilines is 2. The maximum absolute atomic E-state index is 5.42. The van der Waals surface area contributed by atoms with Crippen LogP contribution in [-0.2, 0) is 0 Å². The zero-order chi connectivity index (χ0) is 11.8. The summed E-state index contributed by atoms with van der Waals surface area (Å²) < 4.78 is 0. The van der Waals surface area contributed by atoms with Crippen molar-refractivity contribution in [3.05, 3.63) is 0 Å². The zero-order valence-electron chi connectivity index (χ0n) is 10.3. The molecule has 0 bridgehead atoms. The topological polar surface area (TPSA) is 79.6 Å². The van der Waals surface area contributed by atoms with Gasteiger partial charge < -0.3 is 11.1 Å². The SMILES string of the molecule is CC.Nc1nc(NCC2CCCCC2)n[nH]1. The van der Waals surface area contributed by atoms with Gasteiger partial charge in [0.1, 0.15) is 0 Å². The van der Waals surface area contributed by atoms with Crippen LogP contribution in [0.5, 0.6) is 0 Å². The third-order valence-electron chi connectivity index (χ3n) is 2.78. The maximum Gasteiger partial charge on any atom is 0.243 e. The lowest BCUT2D eigenvalue weighted by atomic mass is 9.89. The monoisotopic (exact) mass is 225 g/mol. The molecule has 1 heterocycles. The Hall–Kier alpha value is -1.26. The molecule has 92 valence electrons. The van der Waals surface area contributed by atoms with Gasteiger partial charge in [-0.1, -0.05) is 33.1 Å². The van der Waals surface area contributed by atoms with Gasteiger partial charge in [0.05, 0.1) is 0 Å². The van der Waals surface area contributed by atoms with Crippen LogP contribution >= 0.6 is 0 Å². The molecule has 5 heteroatoms. The van der Waals surface area contributed by atoms with Crippen LogP contribution in [-0.4, -0.2) is 21.7 Å². The molecule has 0 amide bonds. The minimum Gasteiger partial charge on any atom is -0.368 e. The fourth-order valence-corrected chi connectivity index (χ4v) is 1.98. The van der Waals surface area contributed by atoms with Crippen molar-refractivity contribution < 1.29 is 0 Å². The molecule has 1 aromatic rings. The van der Waals surface area contributed by atoms with E-state index in [1.165, 1.54) is 32.1 Å². The molecule has 0 aromatic carbocycles. The summed E-state index contributed by atoms with van der Waals surface area (Å²) in [6, 6.07) is 0. The first-order chi connectivity index (χ1) is 7.84. The minimum absolute atomic E-state index is 0.371. The van der Waals surface area contributed by atoms with E-state index in [9.17, 15) is 0 Å². The molecule has 1 fully saturated rings. The predicted octanol–water partition coefficient (Wildman–Crippen LogP) is 2.41. The van der Waals surface area contributed by atoms with Crippen molar-refractivity contribution in [2.45, 2.75) is 46.0 Å². The first-order valence-corrected chi connectivity index (χ1v) is 6.26. The number of nitrogens with one attached hydrogen (secondary N) is 2. The Bertz CT molecular complexity index is 278. The summed E-state index contributed by atoms with van der Waals surface area (Å²) in [4.78, 5) is 4.00. The molecular weight excluding hydrogens is 202 g/mol. The van der Waals surface area contributed by atoms with Crippen LogP contribution in [0.2, 0.25) is 0 Å². The van der Waals surface area contributed by atoms with Gasteiger partial charge in [-0.15, -0.1) is 5.10 Å². The van der Waals surface area contributed by atoms with Crippen molar-refractivity contribution >= 4 is 11.9 Å². The van der Waals surface area contributed by atoms with Gasteiger partial charge in [0.15, 0.2) is 0 Å². The Morgan fingerprint density at radius 1 is 1.31 bits per heavy atom. The van der Waals surface area contributed by atoms with Crippen LogP contribution in [0.4, 0.5) is 11.9 Å². The average molecular weight is 225 g/mol. The van der Waals surface area contributed by atoms with E-state index >= 15 is 0 Å². The molecule has 5 nitrogen and oxygen atoms in total. The zero-order valence-corrected chi connectivity index (χ0v) is 10.3. The molecule has 0 radical (unpaired) electrons. The van der Waals surface area contributed by atoms with Crippen molar-refractivity contribution in [1.82, 2.24) is 15.2 Å². The Morgan fingerprint density at radius 2 is 2.00 bits per heavy atom. The Balaban J connectivity index is 0.000000606. The molecular formula is C11H23N5. The van der Waals surface area contributed by atoms with Crippen LogP contribution in [0.25, 0.3) is 0 Å². The van der Waals surface area contributed by atoms with E-state index in [1.54, 1.807) is 0 Å². The third-order valence-corrected chi connectivity index (χ3v) is 2.78. The van der Waals surface area contributed by atoms with E-state index < -0.39 is 0 Å². The van der Waals surface area contributed by atoms with Gasteiger partial charge in [-0.2, -0.15) is 4.98 Å². The summed E-state index contributed by atoms with van der Waals surface area (Å²) in [5.74, 6) is 1.77. The first kappa shape index (κ1) is 12.8. The number of nitrogen functional groups attached to an aromatic ring is 1. The number of hydrogen-bond acceptors (Lipinski definition) is 4. The molecule has 0 unspecified atom stereocenters. The fourth-order valence-electron chi connectivity index (χ4n) is 1.98. The van der Waals surface area contributed by atoms with E-state index in [1.807, 2.05) is 13.8 Å². The molecule has 2 rings (SSSR count). The Labute approximate surface area is 97.2 Å². The number of H-pyrrole nitrogens is 1. The second-order valence-corrected chi connectivity index (χ2v) is 3.93. The molecule has 16 heavy (non-hydrogen) atoms. The summed E-state index contributed by atoms with van der Waals surface area (Å²) in [5, 5.41) is 9.74. The minimum atomic E-state index is 0.371. The van der Waals surface area contributed by atoms with Gasteiger partial charge in [0.25, 0.3) is 0 Å². The van der Waals surface area contributed by atoms with Gasteiger partial charge in [0, 0.05) is 6.54 Å². The average Bonchev–Trinajstić information content (AvgIpc) is 2.77. The van der Waals surface area contributed by atoms with Crippen LogP contribution < -0.4 is 11.1 Å². The smallest absolute Gasteiger partial charge is 0.243 e. The van der Waals surface area contributed by atoms with Gasteiger partial charge >= 0.3 is 0 Å². The van der Waals surface area contributed by atoms with Crippen molar-refractivity contribution in [3.63, 3.8) is 0 Å². The second kappa shape index (κ2) is 7.09. The van der Waals surface area contributed by atoms with Crippen molar-refractivity contribution in [2.24, 2.45) is 5.92 Å².